The number of halogens is 2. The number of para-hydroxylation sites is 2. The molecule has 0 bridgehead atoms. The molecule has 268 valence electrons. The van der Waals surface area contributed by atoms with Crippen molar-refractivity contribution in [3.63, 3.8) is 0 Å². The molecule has 0 aliphatic carbocycles. The van der Waals surface area contributed by atoms with Gasteiger partial charge in [-0.15, -0.1) is 11.6 Å². The van der Waals surface area contributed by atoms with Crippen LogP contribution in [0.5, 0.6) is 0 Å². The molecular formula is C44H46ClFN4O2. The highest BCUT2D eigenvalue weighted by Gasteiger charge is 2.26. The molecule has 6 nitrogen and oxygen atoms in total. The van der Waals surface area contributed by atoms with Gasteiger partial charge in [-0.1, -0.05) is 111 Å². The molecule has 0 unspecified atom stereocenters. The molecule has 52 heavy (non-hydrogen) atoms. The Labute approximate surface area is 311 Å². The van der Waals surface area contributed by atoms with Crippen LogP contribution in [0.4, 0.5) is 4.39 Å². The molecule has 0 spiro atoms. The maximum Gasteiger partial charge on any atom is 0.272 e. The first-order chi connectivity index (χ1) is 25.2. The number of pyridine rings is 2. The summed E-state index contributed by atoms with van der Waals surface area (Å²) in [5.74, 6) is -0.0924. The van der Waals surface area contributed by atoms with Crippen LogP contribution in [0.1, 0.15) is 72.6 Å². The zero-order chi connectivity index (χ0) is 37.4. The SMILES string of the molecule is CC[C@@H](C)N(C)C(=O)c1nc2ccccc2c(-c2ccccc2)c1CCl.CC[C@@H](C)N(C)C(=O)c1nc2ccccc2c(-c2ccccc2)c1C[18F]. The van der Waals surface area contributed by atoms with Gasteiger partial charge in [0.25, 0.3) is 11.8 Å². The summed E-state index contributed by atoms with van der Waals surface area (Å²) in [4.78, 5) is 38.8. The molecule has 2 amide bonds. The lowest BCUT2D eigenvalue weighted by Gasteiger charge is -2.25. The Hall–Kier alpha value is -5.14. The summed E-state index contributed by atoms with van der Waals surface area (Å²) in [7, 11) is 3.57. The Bertz CT molecular complexity index is 2000. The molecule has 0 saturated heterocycles. The van der Waals surface area contributed by atoms with Crippen LogP contribution in [0, 0.1) is 0 Å². The number of fused-ring (bicyclic) bond motifs is 2. The molecule has 0 N–H and O–H groups in total. The molecule has 2 aromatic heterocycles. The summed E-state index contributed by atoms with van der Waals surface area (Å²) in [6.45, 7) is 7.37. The van der Waals surface area contributed by atoms with E-state index in [0.29, 0.717) is 16.8 Å². The third kappa shape index (κ3) is 7.85. The van der Waals surface area contributed by atoms with Crippen LogP contribution in [0.15, 0.2) is 109 Å². The Morgan fingerprint density at radius 2 is 0.981 bits per heavy atom. The second-order valence-electron chi connectivity index (χ2n) is 13.0. The predicted octanol–water partition coefficient (Wildman–Crippen LogP) is 10.8. The van der Waals surface area contributed by atoms with E-state index in [1.165, 1.54) is 0 Å². The van der Waals surface area contributed by atoms with Gasteiger partial charge in [-0.25, -0.2) is 14.4 Å². The molecule has 2 heterocycles. The molecular weight excluding hydrogens is 670 g/mol. The minimum absolute atomic E-state index is 0.0587. The zero-order valence-electron chi connectivity index (χ0n) is 30.7. The molecule has 6 aromatic rings. The fraction of sp³-hybridized carbons (Fsp3) is 0.273. The standard InChI is InChI=1S/C22H23ClN2O.C22H23FN2O/c2*1-4-15(2)25(3)22(26)21-18(14-23)20(16-10-6-5-7-11-16)17-12-8-9-13-19(17)24-21/h2*5-13,15H,4,14H2,1-3H3/t2*15-/m11/s1/i;23-1. The fourth-order valence-corrected chi connectivity index (χ4v) is 6.53. The average Bonchev–Trinajstić information content (AvgIpc) is 3.21. The van der Waals surface area contributed by atoms with E-state index < -0.39 is 6.67 Å². The third-order valence-corrected chi connectivity index (χ3v) is 10.2. The zero-order valence-corrected chi connectivity index (χ0v) is 31.5. The lowest BCUT2D eigenvalue weighted by atomic mass is 9.94. The van der Waals surface area contributed by atoms with Gasteiger partial charge >= 0.3 is 0 Å². The second-order valence-corrected chi connectivity index (χ2v) is 13.3. The molecule has 0 radical (unpaired) electrons. The number of alkyl halides is 2. The minimum atomic E-state index is -0.739. The van der Waals surface area contributed by atoms with E-state index in [0.717, 1.165) is 56.9 Å². The van der Waals surface area contributed by atoms with Crippen molar-refractivity contribution in [3.05, 3.63) is 132 Å². The smallest absolute Gasteiger partial charge is 0.272 e. The van der Waals surface area contributed by atoms with E-state index in [-0.39, 0.29) is 35.5 Å². The van der Waals surface area contributed by atoms with Gasteiger partial charge in [-0.05, 0) is 61.1 Å². The second kappa shape index (κ2) is 17.4. The van der Waals surface area contributed by atoms with Crippen molar-refractivity contribution in [2.45, 2.75) is 65.2 Å². The summed E-state index contributed by atoms with van der Waals surface area (Å²) in [6.07, 6.45) is 1.71. The summed E-state index contributed by atoms with van der Waals surface area (Å²) < 4.78 is 14.2. The first kappa shape index (κ1) is 38.1. The van der Waals surface area contributed by atoms with Gasteiger partial charge in [-0.3, -0.25) is 9.59 Å². The van der Waals surface area contributed by atoms with Crippen molar-refractivity contribution in [3.8, 4) is 22.3 Å². The van der Waals surface area contributed by atoms with E-state index in [4.69, 9.17) is 16.6 Å². The number of hydrogen-bond donors (Lipinski definition) is 0. The van der Waals surface area contributed by atoms with E-state index in [9.17, 15) is 14.0 Å². The lowest BCUT2D eigenvalue weighted by Crippen LogP contribution is -2.35. The number of carbonyl (C=O) groups is 2. The maximum absolute atomic E-state index is 14.2. The average molecular weight is 716 g/mol. The largest absolute Gasteiger partial charge is 0.338 e. The lowest BCUT2D eigenvalue weighted by molar-refractivity contribution is 0.0726. The summed E-state index contributed by atoms with van der Waals surface area (Å²) in [5.41, 5.74) is 6.97. The van der Waals surface area contributed by atoms with Crippen LogP contribution in [0.3, 0.4) is 0 Å². The monoisotopic (exact) mass is 715 g/mol. The molecule has 4 aromatic carbocycles. The maximum atomic E-state index is 14.2. The number of carbonyl (C=O) groups excluding carboxylic acids is 2. The Kier molecular flexibility index (Phi) is 12.7. The van der Waals surface area contributed by atoms with E-state index in [2.05, 4.69) is 11.9 Å². The molecule has 8 heteroatoms. The van der Waals surface area contributed by atoms with Crippen molar-refractivity contribution < 1.29 is 14.0 Å². The topological polar surface area (TPSA) is 66.4 Å². The number of rotatable bonds is 10. The van der Waals surface area contributed by atoms with Crippen molar-refractivity contribution >= 4 is 45.2 Å². The Balaban J connectivity index is 0.000000201. The van der Waals surface area contributed by atoms with Gasteiger partial charge in [0.1, 0.15) is 18.1 Å². The number of amides is 2. The molecule has 2 atom stereocenters. The van der Waals surface area contributed by atoms with E-state index in [1.807, 2.05) is 137 Å². The van der Waals surface area contributed by atoms with Gasteiger partial charge < -0.3 is 9.80 Å². The van der Waals surface area contributed by atoms with E-state index >= 15 is 0 Å². The predicted molar refractivity (Wildman–Crippen MR) is 212 cm³/mol. The Morgan fingerprint density at radius 3 is 1.37 bits per heavy atom. The highest BCUT2D eigenvalue weighted by atomic mass is 35.5. The van der Waals surface area contributed by atoms with Gasteiger partial charge in [0.15, 0.2) is 0 Å². The van der Waals surface area contributed by atoms with Gasteiger partial charge in [0.05, 0.1) is 16.9 Å². The van der Waals surface area contributed by atoms with Crippen LogP contribution in [-0.4, -0.2) is 57.8 Å². The number of hydrogen-bond acceptors (Lipinski definition) is 4. The molecule has 0 fully saturated rings. The summed E-state index contributed by atoms with van der Waals surface area (Å²) in [6, 6.07) is 35.4. The van der Waals surface area contributed by atoms with Crippen molar-refractivity contribution in [2.75, 3.05) is 14.1 Å². The van der Waals surface area contributed by atoms with Crippen LogP contribution in [-0.2, 0) is 12.6 Å². The van der Waals surface area contributed by atoms with Crippen molar-refractivity contribution in [1.82, 2.24) is 19.8 Å². The van der Waals surface area contributed by atoms with Crippen LogP contribution in [0.25, 0.3) is 44.1 Å². The summed E-state index contributed by atoms with van der Waals surface area (Å²) in [5, 5.41) is 1.87. The summed E-state index contributed by atoms with van der Waals surface area (Å²) >= 11 is 6.34. The fourth-order valence-electron chi connectivity index (χ4n) is 6.27. The molecule has 6 rings (SSSR count). The molecule has 0 aliphatic heterocycles. The van der Waals surface area contributed by atoms with Crippen LogP contribution in [0.2, 0.25) is 0 Å². The van der Waals surface area contributed by atoms with Crippen LogP contribution >= 0.6 is 11.6 Å². The number of aromatic nitrogens is 2. The molecule has 0 aliphatic rings. The number of benzene rings is 4. The van der Waals surface area contributed by atoms with E-state index in [1.54, 1.807) is 16.8 Å². The third-order valence-electron chi connectivity index (χ3n) is 9.93. The minimum Gasteiger partial charge on any atom is -0.338 e. The van der Waals surface area contributed by atoms with Crippen molar-refractivity contribution in [1.29, 1.82) is 0 Å². The quantitative estimate of drug-likeness (QED) is 0.132. The van der Waals surface area contributed by atoms with Crippen LogP contribution < -0.4 is 0 Å². The normalized spacial score (nSPS) is 12.2. The highest BCUT2D eigenvalue weighted by Crippen LogP contribution is 2.36. The van der Waals surface area contributed by atoms with Crippen molar-refractivity contribution in [2.24, 2.45) is 0 Å². The first-order valence-electron chi connectivity index (χ1n) is 17.8. The number of nitrogens with zero attached hydrogens (tertiary/aromatic N) is 4. The van der Waals surface area contributed by atoms with Gasteiger partial charge in [0.2, 0.25) is 0 Å². The van der Waals surface area contributed by atoms with Gasteiger partial charge in [-0.2, -0.15) is 0 Å². The van der Waals surface area contributed by atoms with Gasteiger partial charge in [0, 0.05) is 48.1 Å². The Morgan fingerprint density at radius 1 is 0.615 bits per heavy atom. The molecule has 0 saturated carbocycles. The first-order valence-corrected chi connectivity index (χ1v) is 18.3. The highest BCUT2D eigenvalue weighted by molar-refractivity contribution is 6.19.